The maximum absolute atomic E-state index is 6.99. The fourth-order valence-electron chi connectivity index (χ4n) is 10.1. The minimum atomic E-state index is -0.366. The molecule has 2 aliphatic rings. The highest BCUT2D eigenvalue weighted by Gasteiger charge is 2.41. The summed E-state index contributed by atoms with van der Waals surface area (Å²) in [4.78, 5) is 0. The normalized spacial score (nSPS) is 12.9. The van der Waals surface area contributed by atoms with E-state index in [2.05, 4.69) is 156 Å². The van der Waals surface area contributed by atoms with E-state index in [9.17, 15) is 0 Å². The third-order valence-electron chi connectivity index (χ3n) is 12.7. The Morgan fingerprint density at radius 2 is 1.05 bits per heavy atom. The number of fused-ring (bicyclic) bond motifs is 13. The minimum Gasteiger partial charge on any atom is -0.551 e. The van der Waals surface area contributed by atoms with Crippen LogP contribution >= 0.6 is 0 Å². The molecule has 3 aromatic heterocycles. The third-order valence-corrected chi connectivity index (χ3v) is 12.7. The fourth-order valence-corrected chi connectivity index (χ4v) is 10.1. The van der Waals surface area contributed by atoms with Crippen LogP contribution in [0.1, 0.15) is 0 Å². The van der Waals surface area contributed by atoms with Crippen molar-refractivity contribution in [3.05, 3.63) is 182 Å². The van der Waals surface area contributed by atoms with Crippen molar-refractivity contribution in [2.75, 3.05) is 0 Å². The van der Waals surface area contributed by atoms with Gasteiger partial charge in [-0.2, -0.15) is 0 Å². The van der Waals surface area contributed by atoms with Gasteiger partial charge in [-0.05, 0) is 89.0 Å². The van der Waals surface area contributed by atoms with Crippen molar-refractivity contribution in [3.63, 3.8) is 0 Å². The molecule has 60 heavy (non-hydrogen) atoms. The van der Waals surface area contributed by atoms with Gasteiger partial charge in [0.05, 0.1) is 16.7 Å². The molecular weight excluding hydrogens is 737 g/mol. The first-order chi connectivity index (χ1) is 29.7. The summed E-state index contributed by atoms with van der Waals surface area (Å²) < 4.78 is 29.3. The number of hydrogen-bond donors (Lipinski definition) is 0. The van der Waals surface area contributed by atoms with Gasteiger partial charge in [0.2, 0.25) is 0 Å². The largest absolute Gasteiger partial charge is 0.551 e. The zero-order valence-corrected chi connectivity index (χ0v) is 32.0. The van der Waals surface area contributed by atoms with Crippen molar-refractivity contribution < 1.29 is 18.2 Å². The van der Waals surface area contributed by atoms with Crippen LogP contribution in [0.3, 0.4) is 0 Å². The summed E-state index contributed by atoms with van der Waals surface area (Å²) in [5.41, 5.74) is 15.3. The van der Waals surface area contributed by atoms with Crippen LogP contribution in [-0.4, -0.2) is 11.5 Å². The van der Waals surface area contributed by atoms with Gasteiger partial charge in [0, 0.05) is 54.4 Å². The lowest BCUT2D eigenvalue weighted by Gasteiger charge is -2.33. The number of hydrogen-bond acceptors (Lipinski definition) is 4. The van der Waals surface area contributed by atoms with E-state index < -0.39 is 0 Å². The molecule has 2 aliphatic heterocycles. The SMILES string of the molecule is c1ccc2c(c1)OB1c3cc(-c4ccccc4-n4c5ccccc5c5ccccc54)ccc3Oc3cc(-c4cccc5oc6cc7c(cc6c45)oc4ccccc47)cc-2c31. The van der Waals surface area contributed by atoms with Crippen LogP contribution in [0.15, 0.2) is 191 Å². The van der Waals surface area contributed by atoms with Crippen molar-refractivity contribution in [2.45, 2.75) is 0 Å². The van der Waals surface area contributed by atoms with Crippen LogP contribution in [0.5, 0.6) is 17.2 Å². The Kier molecular flexibility index (Phi) is 6.31. The molecule has 14 rings (SSSR count). The highest BCUT2D eigenvalue weighted by Crippen LogP contribution is 2.46. The van der Waals surface area contributed by atoms with Crippen LogP contribution in [0.25, 0.3) is 105 Å². The minimum absolute atomic E-state index is 0.366. The predicted octanol–water partition coefficient (Wildman–Crippen LogP) is 13.2. The van der Waals surface area contributed by atoms with Gasteiger partial charge in [-0.15, -0.1) is 0 Å². The fraction of sp³-hybridized carbons (Fsp3) is 0. The summed E-state index contributed by atoms with van der Waals surface area (Å²) >= 11 is 0. The molecule has 0 N–H and O–H groups in total. The number of aromatic nitrogens is 1. The number of ether oxygens (including phenoxy) is 1. The van der Waals surface area contributed by atoms with Crippen molar-refractivity contribution in [1.29, 1.82) is 0 Å². The molecule has 0 radical (unpaired) electrons. The molecular formula is C54H30BNO4. The second-order valence-corrected chi connectivity index (χ2v) is 15.9. The van der Waals surface area contributed by atoms with E-state index in [-0.39, 0.29) is 6.92 Å². The van der Waals surface area contributed by atoms with E-state index in [1.165, 1.54) is 21.8 Å². The van der Waals surface area contributed by atoms with E-state index in [0.29, 0.717) is 0 Å². The quantitative estimate of drug-likeness (QED) is 0.168. The van der Waals surface area contributed by atoms with Crippen molar-refractivity contribution >= 4 is 83.5 Å². The Labute approximate surface area is 343 Å². The van der Waals surface area contributed by atoms with Gasteiger partial charge in [0.1, 0.15) is 39.6 Å². The first-order valence-electron chi connectivity index (χ1n) is 20.3. The molecule has 12 aromatic rings. The number of para-hydroxylation sites is 5. The summed E-state index contributed by atoms with van der Waals surface area (Å²) in [6.45, 7) is -0.366. The average molecular weight is 768 g/mol. The van der Waals surface area contributed by atoms with Crippen molar-refractivity contribution in [2.24, 2.45) is 0 Å². The Balaban J connectivity index is 0.943. The molecule has 5 nitrogen and oxygen atoms in total. The Morgan fingerprint density at radius 1 is 0.383 bits per heavy atom. The maximum Gasteiger partial charge on any atom is 0.434 e. The van der Waals surface area contributed by atoms with Crippen molar-refractivity contribution in [1.82, 2.24) is 4.57 Å². The zero-order chi connectivity index (χ0) is 39.1. The monoisotopic (exact) mass is 767 g/mol. The molecule has 5 heterocycles. The Morgan fingerprint density at radius 3 is 1.92 bits per heavy atom. The standard InChI is InChI=1S/C54H30BNO4/c1-6-18-43(56-44-19-7-2-13-35(44)36-14-3-8-20-45(36)56)33(12-1)31-24-25-48-42(27-31)55-54-40(38-16-5-10-22-47(38)60-55)26-32(28-52(54)58-48)34-17-11-23-49-53(34)41-30-50-39(29-51(41)59-49)37-15-4-9-21-46(37)57-50/h1-30H. The summed E-state index contributed by atoms with van der Waals surface area (Å²) in [5.74, 6) is 2.42. The molecule has 278 valence electrons. The van der Waals surface area contributed by atoms with Crippen LogP contribution in [0.2, 0.25) is 0 Å². The van der Waals surface area contributed by atoms with Gasteiger partial charge in [0.15, 0.2) is 0 Å². The Hall–Kier alpha value is -7.96. The first kappa shape index (κ1) is 32.1. The van der Waals surface area contributed by atoms with Crippen LogP contribution in [0.4, 0.5) is 0 Å². The number of furan rings is 2. The van der Waals surface area contributed by atoms with Crippen LogP contribution < -0.4 is 20.3 Å². The molecule has 0 saturated carbocycles. The summed E-state index contributed by atoms with van der Waals surface area (Å²) in [7, 11) is 0. The van der Waals surface area contributed by atoms with Gasteiger partial charge in [-0.3, -0.25) is 0 Å². The molecule has 0 amide bonds. The molecule has 6 heteroatoms. The van der Waals surface area contributed by atoms with Crippen LogP contribution in [0, 0.1) is 0 Å². The number of benzene rings is 9. The topological polar surface area (TPSA) is 49.7 Å². The number of rotatable bonds is 3. The Bertz CT molecular complexity index is 3760. The van der Waals surface area contributed by atoms with Crippen molar-refractivity contribution in [3.8, 4) is 56.3 Å². The highest BCUT2D eigenvalue weighted by atomic mass is 16.5. The van der Waals surface area contributed by atoms with Gasteiger partial charge in [0.25, 0.3) is 0 Å². The van der Waals surface area contributed by atoms with E-state index in [0.717, 1.165) is 111 Å². The van der Waals surface area contributed by atoms with Gasteiger partial charge >= 0.3 is 6.92 Å². The lowest BCUT2D eigenvalue weighted by Crippen LogP contribution is -2.53. The zero-order valence-electron chi connectivity index (χ0n) is 32.0. The lowest BCUT2D eigenvalue weighted by atomic mass is 9.50. The molecule has 0 aliphatic carbocycles. The highest BCUT2D eigenvalue weighted by molar-refractivity contribution is 6.84. The molecule has 0 bridgehead atoms. The van der Waals surface area contributed by atoms with Gasteiger partial charge < -0.3 is 22.8 Å². The molecule has 0 unspecified atom stereocenters. The van der Waals surface area contributed by atoms with Gasteiger partial charge in [-0.25, -0.2) is 0 Å². The first-order valence-corrected chi connectivity index (χ1v) is 20.3. The van der Waals surface area contributed by atoms with Crippen LogP contribution in [-0.2, 0) is 0 Å². The number of nitrogens with zero attached hydrogens (tertiary/aromatic N) is 1. The molecule has 9 aromatic carbocycles. The van der Waals surface area contributed by atoms with E-state index in [1.54, 1.807) is 0 Å². The second-order valence-electron chi connectivity index (χ2n) is 15.9. The van der Waals surface area contributed by atoms with E-state index >= 15 is 0 Å². The average Bonchev–Trinajstić information content (AvgIpc) is 3.97. The van der Waals surface area contributed by atoms with Gasteiger partial charge in [-0.1, -0.05) is 115 Å². The predicted molar refractivity (Wildman–Crippen MR) is 244 cm³/mol. The third kappa shape index (κ3) is 4.37. The lowest BCUT2D eigenvalue weighted by molar-refractivity contribution is 0.479. The molecule has 0 spiro atoms. The summed E-state index contributed by atoms with van der Waals surface area (Å²) in [5, 5.41) is 6.66. The summed E-state index contributed by atoms with van der Waals surface area (Å²) in [6, 6.07) is 64.0. The summed E-state index contributed by atoms with van der Waals surface area (Å²) in [6.07, 6.45) is 0. The maximum atomic E-state index is 6.99. The van der Waals surface area contributed by atoms with E-state index in [4.69, 9.17) is 18.2 Å². The second kappa shape index (κ2) is 11.8. The molecule has 0 fully saturated rings. The molecule has 0 atom stereocenters. The smallest absolute Gasteiger partial charge is 0.434 e. The van der Waals surface area contributed by atoms with E-state index in [1.807, 2.05) is 30.3 Å². The molecule has 0 saturated heterocycles.